The summed E-state index contributed by atoms with van der Waals surface area (Å²) in [5, 5.41) is 3.11. The fourth-order valence-corrected chi connectivity index (χ4v) is 4.35. The quantitative estimate of drug-likeness (QED) is 0.410. The summed E-state index contributed by atoms with van der Waals surface area (Å²) in [5.74, 6) is 0.469. The molecular weight excluding hydrogens is 356 g/mol. The van der Waals surface area contributed by atoms with E-state index in [-0.39, 0.29) is 11.1 Å². The third-order valence-corrected chi connectivity index (χ3v) is 5.82. The van der Waals surface area contributed by atoms with Gasteiger partial charge in [0.05, 0.1) is 11.1 Å². The first kappa shape index (κ1) is 16.0. The number of thioether (sulfide) groups is 1. The van der Waals surface area contributed by atoms with Crippen molar-refractivity contribution in [1.82, 2.24) is 18.9 Å². The zero-order valence-corrected chi connectivity index (χ0v) is 15.2. The van der Waals surface area contributed by atoms with Crippen molar-refractivity contribution in [2.45, 2.75) is 17.8 Å². The molecule has 4 aromatic heterocycles. The summed E-state index contributed by atoms with van der Waals surface area (Å²) in [6.45, 7) is 1.88. The first-order valence-corrected chi connectivity index (χ1v) is 9.46. The van der Waals surface area contributed by atoms with E-state index in [1.165, 1.54) is 33.7 Å². The van der Waals surface area contributed by atoms with Gasteiger partial charge in [-0.25, -0.2) is 9.97 Å². The van der Waals surface area contributed by atoms with E-state index in [1.54, 1.807) is 17.5 Å². The van der Waals surface area contributed by atoms with Gasteiger partial charge in [0, 0.05) is 24.6 Å². The zero-order valence-electron chi connectivity index (χ0n) is 13.6. The molecule has 0 aliphatic carbocycles. The predicted molar refractivity (Wildman–Crippen MR) is 101 cm³/mol. The van der Waals surface area contributed by atoms with Crippen molar-refractivity contribution in [1.29, 1.82) is 0 Å². The molecule has 0 aromatic carbocycles. The van der Waals surface area contributed by atoms with Gasteiger partial charge in [0.1, 0.15) is 10.5 Å². The average Bonchev–Trinajstić information content (AvgIpc) is 3.05. The van der Waals surface area contributed by atoms with Gasteiger partial charge in [0.2, 0.25) is 0 Å². The number of pyridine rings is 1. The highest BCUT2D eigenvalue weighted by Gasteiger charge is 2.11. The van der Waals surface area contributed by atoms with Crippen molar-refractivity contribution in [3.05, 3.63) is 67.8 Å². The number of rotatable bonds is 3. The Morgan fingerprint density at radius 2 is 2.04 bits per heavy atom. The van der Waals surface area contributed by atoms with Crippen molar-refractivity contribution in [3.63, 3.8) is 0 Å². The Hall–Kier alpha value is -2.45. The Bertz CT molecular complexity index is 1220. The molecule has 0 unspecified atom stereocenters. The summed E-state index contributed by atoms with van der Waals surface area (Å²) in [6, 6.07) is 8.89. The Kier molecular flexibility index (Phi) is 3.93. The maximum absolute atomic E-state index is 12.3. The van der Waals surface area contributed by atoms with Crippen LogP contribution in [0.2, 0.25) is 0 Å². The highest BCUT2D eigenvalue weighted by atomic mass is 32.2. The highest BCUT2D eigenvalue weighted by Crippen LogP contribution is 2.22. The van der Waals surface area contributed by atoms with Crippen LogP contribution in [0.3, 0.4) is 0 Å². The van der Waals surface area contributed by atoms with Crippen LogP contribution in [0.1, 0.15) is 11.4 Å². The summed E-state index contributed by atoms with van der Waals surface area (Å²) in [6.07, 6.45) is 0. The van der Waals surface area contributed by atoms with Gasteiger partial charge in [-0.15, -0.1) is 11.3 Å². The van der Waals surface area contributed by atoms with Crippen LogP contribution >= 0.6 is 23.1 Å². The molecule has 126 valence electrons. The Morgan fingerprint density at radius 3 is 2.88 bits per heavy atom. The molecule has 4 aromatic rings. The number of aryl methyl sites for hydroxylation is 1. The fraction of sp³-hybridized carbons (Fsp3) is 0.176. The van der Waals surface area contributed by atoms with E-state index in [1.807, 2.05) is 30.5 Å². The van der Waals surface area contributed by atoms with Gasteiger partial charge in [-0.2, -0.15) is 0 Å². The van der Waals surface area contributed by atoms with Crippen molar-refractivity contribution in [3.8, 4) is 0 Å². The lowest BCUT2D eigenvalue weighted by Crippen LogP contribution is -2.19. The molecule has 0 fully saturated rings. The maximum atomic E-state index is 12.3. The molecule has 0 aliphatic rings. The van der Waals surface area contributed by atoms with Crippen LogP contribution in [0.5, 0.6) is 0 Å². The third kappa shape index (κ3) is 2.77. The van der Waals surface area contributed by atoms with Crippen LogP contribution in [0.15, 0.2) is 50.5 Å². The van der Waals surface area contributed by atoms with Crippen molar-refractivity contribution in [2.24, 2.45) is 7.05 Å². The second-order valence-electron chi connectivity index (χ2n) is 5.63. The van der Waals surface area contributed by atoms with E-state index in [2.05, 4.69) is 9.97 Å². The summed E-state index contributed by atoms with van der Waals surface area (Å²) >= 11 is 2.85. The molecule has 25 heavy (non-hydrogen) atoms. The number of hydrogen-bond donors (Lipinski definition) is 0. The summed E-state index contributed by atoms with van der Waals surface area (Å²) < 4.78 is 3.12. The largest absolute Gasteiger partial charge is 0.290 e. The van der Waals surface area contributed by atoms with Gasteiger partial charge in [-0.1, -0.05) is 17.8 Å². The molecule has 0 N–H and O–H groups in total. The minimum atomic E-state index is -0.103. The second kappa shape index (κ2) is 6.12. The molecule has 8 heteroatoms. The van der Waals surface area contributed by atoms with E-state index in [0.717, 1.165) is 10.5 Å². The van der Waals surface area contributed by atoms with Crippen LogP contribution < -0.4 is 11.1 Å². The van der Waals surface area contributed by atoms with Crippen LogP contribution in [-0.2, 0) is 12.8 Å². The van der Waals surface area contributed by atoms with Gasteiger partial charge in [0.25, 0.3) is 11.1 Å². The van der Waals surface area contributed by atoms with Crippen LogP contribution in [-0.4, -0.2) is 18.9 Å². The van der Waals surface area contributed by atoms with Gasteiger partial charge in [-0.05, 0) is 30.5 Å². The van der Waals surface area contributed by atoms with E-state index in [9.17, 15) is 9.59 Å². The molecule has 0 aliphatic heterocycles. The molecule has 6 nitrogen and oxygen atoms in total. The average molecular weight is 370 g/mol. The topological polar surface area (TPSA) is 69.3 Å². The van der Waals surface area contributed by atoms with E-state index < -0.39 is 0 Å². The molecule has 4 heterocycles. The van der Waals surface area contributed by atoms with Crippen LogP contribution in [0, 0.1) is 6.92 Å². The smallest absolute Gasteiger partial charge is 0.262 e. The first-order chi connectivity index (χ1) is 12.0. The van der Waals surface area contributed by atoms with E-state index in [4.69, 9.17) is 0 Å². The minimum Gasteiger partial charge on any atom is -0.290 e. The van der Waals surface area contributed by atoms with Gasteiger partial charge in [0.15, 0.2) is 5.16 Å². The molecule has 0 radical (unpaired) electrons. The van der Waals surface area contributed by atoms with E-state index >= 15 is 0 Å². The number of thiophene rings is 1. The molecule has 4 rings (SSSR count). The van der Waals surface area contributed by atoms with Crippen molar-refractivity contribution >= 4 is 39.0 Å². The SMILES string of the molecule is Cc1cccc2nc(CSc3nc4sccc4c(=O)n3C)cc(=O)n12. The summed E-state index contributed by atoms with van der Waals surface area (Å²) in [7, 11) is 1.71. The normalized spacial score (nSPS) is 11.4. The monoisotopic (exact) mass is 370 g/mol. The number of hydrogen-bond acceptors (Lipinski definition) is 6. The lowest BCUT2D eigenvalue weighted by atomic mass is 10.3. The summed E-state index contributed by atoms with van der Waals surface area (Å²) in [5.41, 5.74) is 1.98. The number of fused-ring (bicyclic) bond motifs is 2. The van der Waals surface area contributed by atoms with Crippen LogP contribution in [0.25, 0.3) is 15.9 Å². The molecule has 0 amide bonds. The standard InChI is InChI=1S/C17H14N4O2S2/c1-10-4-3-5-13-18-11(8-14(22)21(10)13)9-25-17-19-15-12(6-7-24-15)16(23)20(17)2/h3-8H,9H2,1-2H3. The zero-order chi connectivity index (χ0) is 17.6. The molecule has 0 atom stereocenters. The molecule has 0 saturated heterocycles. The molecule has 0 bridgehead atoms. The number of nitrogens with zero attached hydrogens (tertiary/aromatic N) is 4. The van der Waals surface area contributed by atoms with Gasteiger partial charge in [-0.3, -0.25) is 18.6 Å². The van der Waals surface area contributed by atoms with Crippen molar-refractivity contribution < 1.29 is 0 Å². The third-order valence-electron chi connectivity index (χ3n) is 3.95. The predicted octanol–water partition coefficient (Wildman–Crippen LogP) is 2.60. The lowest BCUT2D eigenvalue weighted by Gasteiger charge is -2.08. The van der Waals surface area contributed by atoms with Gasteiger partial charge < -0.3 is 0 Å². The minimum absolute atomic E-state index is 0.0593. The Morgan fingerprint density at radius 1 is 1.20 bits per heavy atom. The first-order valence-electron chi connectivity index (χ1n) is 7.60. The van der Waals surface area contributed by atoms with E-state index in [0.29, 0.717) is 27.6 Å². The highest BCUT2D eigenvalue weighted by molar-refractivity contribution is 7.98. The molecule has 0 saturated carbocycles. The molecular formula is C17H14N4O2S2. The van der Waals surface area contributed by atoms with Gasteiger partial charge >= 0.3 is 0 Å². The Balaban J connectivity index is 1.70. The molecule has 0 spiro atoms. The lowest BCUT2D eigenvalue weighted by molar-refractivity contribution is 0.727. The maximum Gasteiger partial charge on any atom is 0.262 e. The fourth-order valence-electron chi connectivity index (χ4n) is 2.69. The Labute approximate surface area is 150 Å². The van der Waals surface area contributed by atoms with Crippen molar-refractivity contribution in [2.75, 3.05) is 0 Å². The second-order valence-corrected chi connectivity index (χ2v) is 7.47. The summed E-state index contributed by atoms with van der Waals surface area (Å²) in [4.78, 5) is 34.5. The van der Waals surface area contributed by atoms with Crippen LogP contribution in [0.4, 0.5) is 0 Å². The number of aromatic nitrogens is 4.